The van der Waals surface area contributed by atoms with Gasteiger partial charge < -0.3 is 5.11 Å². The van der Waals surface area contributed by atoms with Gasteiger partial charge in [-0.3, -0.25) is 0 Å². The minimum atomic E-state index is -0.0497. The maximum absolute atomic E-state index is 9.03. The molecule has 0 atom stereocenters. The maximum atomic E-state index is 9.03. The average molecular weight is 158 g/mol. The Morgan fingerprint density at radius 3 is 3.08 bits per heavy atom. The summed E-state index contributed by atoms with van der Waals surface area (Å²) in [5.41, 5.74) is 1.99. The van der Waals surface area contributed by atoms with Gasteiger partial charge in [-0.05, 0) is 25.1 Å². The van der Waals surface area contributed by atoms with Crippen LogP contribution in [-0.4, -0.2) is 10.1 Å². The first-order chi connectivity index (χ1) is 5.75. The minimum absolute atomic E-state index is 0.0497. The van der Waals surface area contributed by atoms with E-state index in [4.69, 9.17) is 5.11 Å². The van der Waals surface area contributed by atoms with Crippen LogP contribution in [0.25, 0.3) is 10.9 Å². The highest BCUT2D eigenvalue weighted by Gasteiger charge is 1.95. The van der Waals surface area contributed by atoms with E-state index in [1.165, 1.54) is 5.56 Å². The number of rotatable bonds is 0. The van der Waals surface area contributed by atoms with Gasteiger partial charge >= 0.3 is 0 Å². The van der Waals surface area contributed by atoms with Crippen LogP contribution >= 0.6 is 0 Å². The number of aryl methyl sites for hydroxylation is 1. The standard InChI is InChI=1S/C10H8NO/c1-7-2-4-9-8(6-7)3-5-10(12)11-9/h2-4,6H,1H3,(H,11,12). The summed E-state index contributed by atoms with van der Waals surface area (Å²) in [6, 6.07) is 10.3. The fourth-order valence-electron chi connectivity index (χ4n) is 1.18. The molecule has 12 heavy (non-hydrogen) atoms. The Labute approximate surface area is 70.5 Å². The molecule has 1 aromatic carbocycles. The molecule has 0 aliphatic carbocycles. The lowest BCUT2D eigenvalue weighted by atomic mass is 10.1. The Kier molecular flexibility index (Phi) is 1.47. The summed E-state index contributed by atoms with van der Waals surface area (Å²) < 4.78 is 0. The Morgan fingerprint density at radius 2 is 2.25 bits per heavy atom. The van der Waals surface area contributed by atoms with Gasteiger partial charge in [-0.25, -0.2) is 4.98 Å². The second-order valence-corrected chi connectivity index (χ2v) is 2.79. The molecule has 2 aromatic rings. The van der Waals surface area contributed by atoms with Gasteiger partial charge in [0.15, 0.2) is 0 Å². The van der Waals surface area contributed by atoms with Gasteiger partial charge in [0.25, 0.3) is 0 Å². The highest BCUT2D eigenvalue weighted by molar-refractivity contribution is 5.79. The highest BCUT2D eigenvalue weighted by Crippen LogP contribution is 2.15. The molecular weight excluding hydrogens is 150 g/mol. The summed E-state index contributed by atoms with van der Waals surface area (Å²) in [5.74, 6) is -0.0497. The molecule has 2 heteroatoms. The number of aromatic nitrogens is 1. The van der Waals surface area contributed by atoms with Crippen LogP contribution < -0.4 is 0 Å². The van der Waals surface area contributed by atoms with Crippen molar-refractivity contribution in [1.29, 1.82) is 0 Å². The average Bonchev–Trinajstić information content (AvgIpc) is 2.05. The van der Waals surface area contributed by atoms with Gasteiger partial charge in [0.05, 0.1) is 5.52 Å². The van der Waals surface area contributed by atoms with Gasteiger partial charge in [-0.2, -0.15) is 0 Å². The largest absolute Gasteiger partial charge is 0.493 e. The molecular formula is C10H8NO. The normalized spacial score (nSPS) is 10.4. The molecule has 0 spiro atoms. The number of hydrogen-bond acceptors (Lipinski definition) is 2. The molecule has 0 fully saturated rings. The Hall–Kier alpha value is -1.57. The molecule has 0 saturated heterocycles. The Morgan fingerprint density at radius 1 is 1.42 bits per heavy atom. The van der Waals surface area contributed by atoms with Crippen LogP contribution in [0.4, 0.5) is 0 Å². The zero-order valence-electron chi connectivity index (χ0n) is 6.70. The van der Waals surface area contributed by atoms with Crippen molar-refractivity contribution in [2.75, 3.05) is 0 Å². The summed E-state index contributed by atoms with van der Waals surface area (Å²) in [6.07, 6.45) is 0. The molecule has 2 nitrogen and oxygen atoms in total. The molecule has 0 bridgehead atoms. The van der Waals surface area contributed by atoms with Crippen molar-refractivity contribution in [3.8, 4) is 5.88 Å². The van der Waals surface area contributed by atoms with Crippen molar-refractivity contribution >= 4 is 10.9 Å². The minimum Gasteiger partial charge on any atom is -0.493 e. The van der Waals surface area contributed by atoms with Gasteiger partial charge in [0.2, 0.25) is 5.88 Å². The summed E-state index contributed by atoms with van der Waals surface area (Å²) in [5, 5.41) is 10.0. The van der Waals surface area contributed by atoms with E-state index in [0.717, 1.165) is 10.9 Å². The van der Waals surface area contributed by atoms with E-state index in [9.17, 15) is 0 Å². The number of benzene rings is 1. The van der Waals surface area contributed by atoms with Crippen molar-refractivity contribution in [2.45, 2.75) is 6.92 Å². The molecule has 0 aliphatic heterocycles. The molecule has 1 radical (unpaired) electrons. The molecule has 0 amide bonds. The zero-order valence-corrected chi connectivity index (χ0v) is 6.70. The van der Waals surface area contributed by atoms with Crippen LogP contribution in [0.15, 0.2) is 24.3 Å². The summed E-state index contributed by atoms with van der Waals surface area (Å²) >= 11 is 0. The SMILES string of the molecule is Cc1ccc2nc(O)[c]cc2c1. The summed E-state index contributed by atoms with van der Waals surface area (Å²) in [4.78, 5) is 3.92. The topological polar surface area (TPSA) is 33.1 Å². The van der Waals surface area contributed by atoms with Crippen LogP contribution in [-0.2, 0) is 0 Å². The van der Waals surface area contributed by atoms with Crippen LogP contribution in [0.1, 0.15) is 5.56 Å². The van der Waals surface area contributed by atoms with Gasteiger partial charge in [-0.1, -0.05) is 11.6 Å². The van der Waals surface area contributed by atoms with E-state index in [1.54, 1.807) is 6.07 Å². The molecule has 0 saturated carbocycles. The van der Waals surface area contributed by atoms with Crippen molar-refractivity contribution in [3.63, 3.8) is 0 Å². The first kappa shape index (κ1) is 7.10. The third kappa shape index (κ3) is 1.11. The van der Waals surface area contributed by atoms with E-state index >= 15 is 0 Å². The highest BCUT2D eigenvalue weighted by atomic mass is 16.3. The third-order valence-electron chi connectivity index (χ3n) is 1.77. The number of hydrogen-bond donors (Lipinski definition) is 1. The van der Waals surface area contributed by atoms with Crippen molar-refractivity contribution < 1.29 is 5.11 Å². The number of fused-ring (bicyclic) bond motifs is 1. The van der Waals surface area contributed by atoms with E-state index in [1.807, 2.05) is 25.1 Å². The van der Waals surface area contributed by atoms with Gasteiger partial charge in [0.1, 0.15) is 0 Å². The third-order valence-corrected chi connectivity index (χ3v) is 1.77. The van der Waals surface area contributed by atoms with Gasteiger partial charge in [-0.15, -0.1) is 0 Å². The maximum Gasteiger partial charge on any atom is 0.219 e. The van der Waals surface area contributed by atoms with Crippen LogP contribution in [0.3, 0.4) is 0 Å². The van der Waals surface area contributed by atoms with Gasteiger partial charge in [0, 0.05) is 11.5 Å². The lowest BCUT2D eigenvalue weighted by Crippen LogP contribution is -1.79. The fourth-order valence-corrected chi connectivity index (χ4v) is 1.18. The monoisotopic (exact) mass is 158 g/mol. The Balaban J connectivity index is 2.79. The second-order valence-electron chi connectivity index (χ2n) is 2.79. The number of nitrogens with zero attached hydrogens (tertiary/aromatic N) is 1. The van der Waals surface area contributed by atoms with Crippen LogP contribution in [0.5, 0.6) is 5.88 Å². The van der Waals surface area contributed by atoms with Crippen molar-refractivity contribution in [3.05, 3.63) is 35.9 Å². The summed E-state index contributed by atoms with van der Waals surface area (Å²) in [6.45, 7) is 2.02. The molecule has 1 N–H and O–H groups in total. The second kappa shape index (κ2) is 2.48. The molecule has 1 heterocycles. The molecule has 1 aromatic heterocycles. The molecule has 0 unspecified atom stereocenters. The fraction of sp³-hybridized carbons (Fsp3) is 0.100. The molecule has 2 rings (SSSR count). The zero-order chi connectivity index (χ0) is 8.55. The summed E-state index contributed by atoms with van der Waals surface area (Å²) in [7, 11) is 0. The smallest absolute Gasteiger partial charge is 0.219 e. The van der Waals surface area contributed by atoms with Crippen molar-refractivity contribution in [2.24, 2.45) is 0 Å². The van der Waals surface area contributed by atoms with E-state index < -0.39 is 0 Å². The first-order valence-corrected chi connectivity index (χ1v) is 3.74. The molecule has 59 valence electrons. The van der Waals surface area contributed by atoms with E-state index in [0.29, 0.717) is 0 Å². The quantitative estimate of drug-likeness (QED) is 0.636. The lowest BCUT2D eigenvalue weighted by Gasteiger charge is -1.97. The molecule has 0 aliphatic rings. The number of pyridine rings is 1. The number of aromatic hydroxyl groups is 1. The van der Waals surface area contributed by atoms with E-state index in [-0.39, 0.29) is 5.88 Å². The predicted octanol–water partition coefficient (Wildman–Crippen LogP) is 2.05. The first-order valence-electron chi connectivity index (χ1n) is 3.74. The predicted molar refractivity (Wildman–Crippen MR) is 47.0 cm³/mol. The van der Waals surface area contributed by atoms with E-state index in [2.05, 4.69) is 11.1 Å². The Bertz CT molecular complexity index is 382. The lowest BCUT2D eigenvalue weighted by molar-refractivity contribution is 0.454. The van der Waals surface area contributed by atoms with Crippen molar-refractivity contribution in [1.82, 2.24) is 4.98 Å². The van der Waals surface area contributed by atoms with Crippen LogP contribution in [0, 0.1) is 13.0 Å². The van der Waals surface area contributed by atoms with Crippen LogP contribution in [0.2, 0.25) is 0 Å².